The highest BCUT2D eigenvalue weighted by atomic mass is 32.2. The zero-order valence-corrected chi connectivity index (χ0v) is 14.4. The van der Waals surface area contributed by atoms with Crippen molar-refractivity contribution in [2.75, 3.05) is 26.0 Å². The normalized spacial score (nSPS) is 13.4. The molecule has 1 aromatic rings. The fourth-order valence-corrected chi connectivity index (χ4v) is 3.06. The van der Waals surface area contributed by atoms with Gasteiger partial charge in [0.15, 0.2) is 0 Å². The Morgan fingerprint density at radius 2 is 1.76 bits per heavy atom. The standard InChI is InChI=1S/C16H28N2O2S/c1-5-7-8-14(6-2)13-17-15-9-11-16(12-10-15)21(19,20)18(3)4/h9-12,14,17H,5-8,13H2,1-4H3. The van der Waals surface area contributed by atoms with Crippen molar-refractivity contribution in [2.24, 2.45) is 5.92 Å². The molecule has 0 fully saturated rings. The molecule has 0 saturated carbocycles. The highest BCUT2D eigenvalue weighted by Crippen LogP contribution is 2.18. The van der Waals surface area contributed by atoms with Gasteiger partial charge in [0.2, 0.25) is 10.0 Å². The first-order chi connectivity index (χ1) is 9.91. The predicted octanol–water partition coefficient (Wildman–Crippen LogP) is 3.57. The van der Waals surface area contributed by atoms with Crippen LogP contribution in [0.3, 0.4) is 0 Å². The molecule has 0 aliphatic rings. The molecule has 0 spiro atoms. The van der Waals surface area contributed by atoms with Crippen LogP contribution < -0.4 is 5.32 Å². The molecule has 0 aliphatic heterocycles. The first-order valence-corrected chi connectivity index (χ1v) is 9.12. The summed E-state index contributed by atoms with van der Waals surface area (Å²) in [5, 5.41) is 3.40. The van der Waals surface area contributed by atoms with Gasteiger partial charge < -0.3 is 5.32 Å². The zero-order chi connectivity index (χ0) is 15.9. The second-order valence-corrected chi connectivity index (χ2v) is 7.76. The average molecular weight is 312 g/mol. The van der Waals surface area contributed by atoms with Gasteiger partial charge in [-0.2, -0.15) is 0 Å². The summed E-state index contributed by atoms with van der Waals surface area (Å²) >= 11 is 0. The number of unbranched alkanes of at least 4 members (excludes halogenated alkanes) is 1. The molecule has 1 unspecified atom stereocenters. The maximum absolute atomic E-state index is 12.0. The number of sulfonamides is 1. The summed E-state index contributed by atoms with van der Waals surface area (Å²) < 4.78 is 25.2. The summed E-state index contributed by atoms with van der Waals surface area (Å²) in [5.41, 5.74) is 0.975. The zero-order valence-electron chi connectivity index (χ0n) is 13.6. The number of hydrogen-bond donors (Lipinski definition) is 1. The third kappa shape index (κ3) is 5.32. The lowest BCUT2D eigenvalue weighted by Crippen LogP contribution is -2.22. The maximum Gasteiger partial charge on any atom is 0.242 e. The van der Waals surface area contributed by atoms with Crippen LogP contribution in [0.5, 0.6) is 0 Å². The van der Waals surface area contributed by atoms with Gasteiger partial charge in [-0.05, 0) is 36.6 Å². The largest absolute Gasteiger partial charge is 0.385 e. The van der Waals surface area contributed by atoms with Gasteiger partial charge in [-0.25, -0.2) is 12.7 Å². The maximum atomic E-state index is 12.0. The number of benzene rings is 1. The molecule has 0 amide bonds. The summed E-state index contributed by atoms with van der Waals surface area (Å²) in [5.74, 6) is 0.676. The van der Waals surface area contributed by atoms with Crippen molar-refractivity contribution >= 4 is 15.7 Å². The fraction of sp³-hybridized carbons (Fsp3) is 0.625. The summed E-state index contributed by atoms with van der Waals surface area (Å²) in [7, 11) is -0.251. The summed E-state index contributed by atoms with van der Waals surface area (Å²) in [4.78, 5) is 0.330. The van der Waals surface area contributed by atoms with Gasteiger partial charge in [0, 0.05) is 26.3 Å². The van der Waals surface area contributed by atoms with Crippen molar-refractivity contribution in [3.8, 4) is 0 Å². The Labute approximate surface area is 129 Å². The molecule has 1 rings (SSSR count). The molecule has 0 radical (unpaired) electrons. The monoisotopic (exact) mass is 312 g/mol. The number of nitrogens with zero attached hydrogens (tertiary/aromatic N) is 1. The molecular formula is C16H28N2O2S. The van der Waals surface area contributed by atoms with Crippen LogP contribution in [0, 0.1) is 5.92 Å². The van der Waals surface area contributed by atoms with E-state index in [0.717, 1.165) is 12.2 Å². The minimum absolute atomic E-state index is 0.330. The van der Waals surface area contributed by atoms with E-state index in [9.17, 15) is 8.42 Å². The van der Waals surface area contributed by atoms with Gasteiger partial charge in [-0.3, -0.25) is 0 Å². The fourth-order valence-electron chi connectivity index (χ4n) is 2.16. The lowest BCUT2D eigenvalue weighted by Gasteiger charge is -2.16. The SMILES string of the molecule is CCCCC(CC)CNc1ccc(S(=O)(=O)N(C)C)cc1. The lowest BCUT2D eigenvalue weighted by atomic mass is 9.99. The third-order valence-corrected chi connectivity index (χ3v) is 5.60. The van der Waals surface area contributed by atoms with Gasteiger partial charge in [0.25, 0.3) is 0 Å². The Bertz CT molecular complexity index is 510. The molecule has 1 N–H and O–H groups in total. The van der Waals surface area contributed by atoms with Crippen LogP contribution in [-0.4, -0.2) is 33.4 Å². The summed E-state index contributed by atoms with van der Waals surface area (Å²) in [6, 6.07) is 6.99. The van der Waals surface area contributed by atoms with Crippen molar-refractivity contribution in [3.05, 3.63) is 24.3 Å². The molecule has 4 nitrogen and oxygen atoms in total. The molecular weight excluding hydrogens is 284 g/mol. The second kappa shape index (κ2) is 8.39. The molecule has 1 aromatic carbocycles. The Morgan fingerprint density at radius 1 is 1.14 bits per heavy atom. The lowest BCUT2D eigenvalue weighted by molar-refractivity contribution is 0.473. The quantitative estimate of drug-likeness (QED) is 0.758. The number of rotatable bonds is 9. The number of anilines is 1. The molecule has 0 bridgehead atoms. The van der Waals surface area contributed by atoms with Crippen LogP contribution in [-0.2, 0) is 10.0 Å². The molecule has 1 atom stereocenters. The highest BCUT2D eigenvalue weighted by molar-refractivity contribution is 7.89. The molecule has 0 heterocycles. The highest BCUT2D eigenvalue weighted by Gasteiger charge is 2.16. The van der Waals surface area contributed by atoms with Crippen molar-refractivity contribution in [3.63, 3.8) is 0 Å². The Kier molecular flexibility index (Phi) is 7.18. The molecule has 21 heavy (non-hydrogen) atoms. The van der Waals surface area contributed by atoms with E-state index in [2.05, 4.69) is 19.2 Å². The van der Waals surface area contributed by atoms with Crippen LogP contribution in [0.25, 0.3) is 0 Å². The van der Waals surface area contributed by atoms with Gasteiger partial charge in [-0.1, -0.05) is 33.1 Å². The smallest absolute Gasteiger partial charge is 0.242 e. The van der Waals surface area contributed by atoms with Gasteiger partial charge >= 0.3 is 0 Å². The minimum atomic E-state index is -3.34. The molecule has 0 saturated heterocycles. The molecule has 120 valence electrons. The van der Waals surface area contributed by atoms with E-state index in [-0.39, 0.29) is 0 Å². The van der Waals surface area contributed by atoms with Crippen molar-refractivity contribution < 1.29 is 8.42 Å². The van der Waals surface area contributed by atoms with Gasteiger partial charge in [0.1, 0.15) is 0 Å². The number of nitrogens with one attached hydrogen (secondary N) is 1. The second-order valence-electron chi connectivity index (χ2n) is 5.61. The Hall–Kier alpha value is -1.07. The van der Waals surface area contributed by atoms with E-state index < -0.39 is 10.0 Å². The minimum Gasteiger partial charge on any atom is -0.385 e. The van der Waals surface area contributed by atoms with Gasteiger partial charge in [-0.15, -0.1) is 0 Å². The Morgan fingerprint density at radius 3 is 2.24 bits per heavy atom. The first-order valence-electron chi connectivity index (χ1n) is 7.68. The average Bonchev–Trinajstić information content (AvgIpc) is 2.47. The van der Waals surface area contributed by atoms with Crippen molar-refractivity contribution in [2.45, 2.75) is 44.4 Å². The summed E-state index contributed by atoms with van der Waals surface area (Å²) in [6.07, 6.45) is 4.90. The van der Waals surface area contributed by atoms with Crippen molar-refractivity contribution in [1.82, 2.24) is 4.31 Å². The number of hydrogen-bond acceptors (Lipinski definition) is 3. The van der Waals surface area contributed by atoms with E-state index in [1.807, 2.05) is 12.1 Å². The molecule has 0 aliphatic carbocycles. The molecule has 0 aromatic heterocycles. The molecule has 5 heteroatoms. The van der Waals surface area contributed by atoms with E-state index in [1.165, 1.54) is 30.0 Å². The summed E-state index contributed by atoms with van der Waals surface area (Å²) in [6.45, 7) is 5.37. The third-order valence-electron chi connectivity index (χ3n) is 3.77. The van der Waals surface area contributed by atoms with Crippen molar-refractivity contribution in [1.29, 1.82) is 0 Å². The van der Waals surface area contributed by atoms with Crippen LogP contribution in [0.15, 0.2) is 29.2 Å². The van der Waals surface area contributed by atoms with E-state index >= 15 is 0 Å². The van der Waals surface area contributed by atoms with Crippen LogP contribution in [0.4, 0.5) is 5.69 Å². The first kappa shape index (κ1) is 18.0. The van der Waals surface area contributed by atoms with E-state index in [1.54, 1.807) is 26.2 Å². The van der Waals surface area contributed by atoms with E-state index in [0.29, 0.717) is 10.8 Å². The van der Waals surface area contributed by atoms with Crippen LogP contribution in [0.1, 0.15) is 39.5 Å². The topological polar surface area (TPSA) is 49.4 Å². The Balaban J connectivity index is 2.63. The van der Waals surface area contributed by atoms with Gasteiger partial charge in [0.05, 0.1) is 4.90 Å². The van der Waals surface area contributed by atoms with E-state index in [4.69, 9.17) is 0 Å². The van der Waals surface area contributed by atoms with Crippen LogP contribution >= 0.6 is 0 Å². The van der Waals surface area contributed by atoms with Crippen LogP contribution in [0.2, 0.25) is 0 Å². The predicted molar refractivity (Wildman–Crippen MR) is 89.1 cm³/mol.